The highest BCUT2D eigenvalue weighted by atomic mass is 35.5. The quantitative estimate of drug-likeness (QED) is 0.716. The molecule has 0 aliphatic rings. The summed E-state index contributed by atoms with van der Waals surface area (Å²) in [5, 5.41) is 3.48. The predicted molar refractivity (Wildman–Crippen MR) is 75.1 cm³/mol. The maximum absolute atomic E-state index is 5.70. The lowest BCUT2D eigenvalue weighted by atomic mass is 10.1. The van der Waals surface area contributed by atoms with Crippen LogP contribution in [0.2, 0.25) is 0 Å². The molecule has 0 radical (unpaired) electrons. The molecule has 0 amide bonds. The van der Waals surface area contributed by atoms with Gasteiger partial charge in [0.25, 0.3) is 0 Å². The largest absolute Gasteiger partial charge is 0.385 e. The molecule has 96 valence electrons. The van der Waals surface area contributed by atoms with E-state index in [-0.39, 0.29) is 0 Å². The van der Waals surface area contributed by atoms with Crippen molar-refractivity contribution in [1.82, 2.24) is 0 Å². The minimum atomic E-state index is 0.429. The van der Waals surface area contributed by atoms with Crippen molar-refractivity contribution in [3.05, 3.63) is 29.8 Å². The number of alkyl halides is 1. The number of aryl methyl sites for hydroxylation is 1. The Kier molecular flexibility index (Phi) is 7.06. The lowest BCUT2D eigenvalue weighted by Crippen LogP contribution is -2.17. The van der Waals surface area contributed by atoms with Crippen LogP contribution in [0.15, 0.2) is 24.3 Å². The third-order valence-corrected chi connectivity index (χ3v) is 2.96. The molecule has 0 saturated carbocycles. The number of rotatable bonds is 8. The van der Waals surface area contributed by atoms with Gasteiger partial charge >= 0.3 is 0 Å². The zero-order chi connectivity index (χ0) is 12.5. The summed E-state index contributed by atoms with van der Waals surface area (Å²) < 4.78 is 5.07. The van der Waals surface area contributed by atoms with Crippen molar-refractivity contribution in [2.24, 2.45) is 0 Å². The Labute approximate surface area is 109 Å². The summed E-state index contributed by atoms with van der Waals surface area (Å²) in [6, 6.07) is 8.98. The summed E-state index contributed by atoms with van der Waals surface area (Å²) >= 11 is 5.70. The van der Waals surface area contributed by atoms with Gasteiger partial charge in [-0.3, -0.25) is 0 Å². The lowest BCUT2D eigenvalue weighted by molar-refractivity contribution is 0.191. The Balaban J connectivity index is 2.47. The van der Waals surface area contributed by atoms with Crippen molar-refractivity contribution in [3.8, 4) is 0 Å². The van der Waals surface area contributed by atoms with Crippen LogP contribution in [0.4, 0.5) is 5.69 Å². The normalized spacial score (nSPS) is 12.4. The fraction of sp³-hybridized carbons (Fsp3) is 0.571. The second-order valence-corrected chi connectivity index (χ2v) is 4.70. The molecule has 17 heavy (non-hydrogen) atoms. The monoisotopic (exact) mass is 255 g/mol. The molecule has 1 rings (SSSR count). The van der Waals surface area contributed by atoms with E-state index in [2.05, 4.69) is 36.5 Å². The van der Waals surface area contributed by atoms with E-state index in [1.807, 2.05) is 0 Å². The average molecular weight is 256 g/mol. The zero-order valence-corrected chi connectivity index (χ0v) is 11.5. The van der Waals surface area contributed by atoms with Gasteiger partial charge in [-0.05, 0) is 43.9 Å². The predicted octanol–water partition coefficient (Wildman–Crippen LogP) is 3.69. The highest BCUT2D eigenvalue weighted by Crippen LogP contribution is 2.14. The van der Waals surface area contributed by atoms with Gasteiger partial charge < -0.3 is 10.1 Å². The second kappa shape index (κ2) is 8.37. The number of hydrogen-bond donors (Lipinski definition) is 1. The first-order valence-corrected chi connectivity index (χ1v) is 6.70. The molecule has 3 heteroatoms. The second-order valence-electron chi connectivity index (χ2n) is 4.32. The fourth-order valence-electron chi connectivity index (χ4n) is 1.74. The van der Waals surface area contributed by atoms with Crippen molar-refractivity contribution >= 4 is 17.3 Å². The molecule has 1 aromatic carbocycles. The van der Waals surface area contributed by atoms with Gasteiger partial charge in [-0.2, -0.15) is 0 Å². The molecule has 0 spiro atoms. The molecule has 2 nitrogen and oxygen atoms in total. The Hall–Kier alpha value is -0.730. The molecule has 0 aliphatic carbocycles. The van der Waals surface area contributed by atoms with Crippen LogP contribution in [0.25, 0.3) is 0 Å². The zero-order valence-electron chi connectivity index (χ0n) is 10.7. The standard InChI is InChI=1S/C14H22ClNO/c1-12(8-10-17-2)16-14-7-3-5-13(11-14)6-4-9-15/h3,5,7,11-12,16H,4,6,8-10H2,1-2H3. The van der Waals surface area contributed by atoms with E-state index in [1.165, 1.54) is 11.3 Å². The average Bonchev–Trinajstić information content (AvgIpc) is 2.34. The molecule has 0 heterocycles. The Morgan fingerprint density at radius 1 is 1.41 bits per heavy atom. The van der Waals surface area contributed by atoms with E-state index in [0.717, 1.165) is 31.7 Å². The van der Waals surface area contributed by atoms with Gasteiger partial charge in [0.15, 0.2) is 0 Å². The summed E-state index contributed by atoms with van der Waals surface area (Å²) in [6.07, 6.45) is 3.10. The molecule has 1 N–H and O–H groups in total. The van der Waals surface area contributed by atoms with Crippen molar-refractivity contribution in [1.29, 1.82) is 0 Å². The maximum Gasteiger partial charge on any atom is 0.0481 e. The van der Waals surface area contributed by atoms with Crippen molar-refractivity contribution < 1.29 is 4.74 Å². The number of ether oxygens (including phenoxy) is 1. The Morgan fingerprint density at radius 3 is 2.94 bits per heavy atom. The molecule has 0 aromatic heterocycles. The van der Waals surface area contributed by atoms with Gasteiger partial charge in [-0.25, -0.2) is 0 Å². The summed E-state index contributed by atoms with van der Waals surface area (Å²) in [6.45, 7) is 2.96. The SMILES string of the molecule is COCCC(C)Nc1cccc(CCCCl)c1. The van der Waals surface area contributed by atoms with Crippen LogP contribution in [0.1, 0.15) is 25.3 Å². The number of anilines is 1. The number of methoxy groups -OCH3 is 1. The molecule has 1 aromatic rings. The maximum atomic E-state index is 5.70. The third-order valence-electron chi connectivity index (χ3n) is 2.69. The fourth-order valence-corrected chi connectivity index (χ4v) is 1.87. The molecule has 0 fully saturated rings. The summed E-state index contributed by atoms with van der Waals surface area (Å²) in [4.78, 5) is 0. The minimum absolute atomic E-state index is 0.429. The first-order valence-electron chi connectivity index (χ1n) is 6.16. The van der Waals surface area contributed by atoms with E-state index in [1.54, 1.807) is 7.11 Å². The van der Waals surface area contributed by atoms with Gasteiger partial charge in [-0.15, -0.1) is 11.6 Å². The van der Waals surface area contributed by atoms with E-state index >= 15 is 0 Å². The number of halogens is 1. The van der Waals surface area contributed by atoms with Gasteiger partial charge in [0.1, 0.15) is 0 Å². The number of benzene rings is 1. The van der Waals surface area contributed by atoms with Crippen LogP contribution >= 0.6 is 11.6 Å². The first kappa shape index (κ1) is 14.3. The minimum Gasteiger partial charge on any atom is -0.385 e. The lowest BCUT2D eigenvalue weighted by Gasteiger charge is -2.15. The molecule has 0 aliphatic heterocycles. The van der Waals surface area contributed by atoms with Crippen molar-refractivity contribution in [3.63, 3.8) is 0 Å². The van der Waals surface area contributed by atoms with E-state index in [9.17, 15) is 0 Å². The third kappa shape index (κ3) is 5.94. The molecular weight excluding hydrogens is 234 g/mol. The van der Waals surface area contributed by atoms with Crippen molar-refractivity contribution in [2.75, 3.05) is 24.9 Å². The molecule has 0 bridgehead atoms. The van der Waals surface area contributed by atoms with E-state index in [0.29, 0.717) is 6.04 Å². The first-order chi connectivity index (χ1) is 8.26. The summed E-state index contributed by atoms with van der Waals surface area (Å²) in [5.41, 5.74) is 2.52. The van der Waals surface area contributed by atoms with Crippen molar-refractivity contribution in [2.45, 2.75) is 32.2 Å². The molecule has 1 unspecified atom stereocenters. The molecule has 1 atom stereocenters. The molecular formula is C14H22ClNO. The van der Waals surface area contributed by atoms with Crippen LogP contribution < -0.4 is 5.32 Å². The van der Waals surface area contributed by atoms with Crippen LogP contribution in [0.5, 0.6) is 0 Å². The smallest absolute Gasteiger partial charge is 0.0481 e. The van der Waals surface area contributed by atoms with E-state index in [4.69, 9.17) is 16.3 Å². The molecule has 0 saturated heterocycles. The van der Waals surface area contributed by atoms with Crippen LogP contribution in [0.3, 0.4) is 0 Å². The van der Waals surface area contributed by atoms with Crippen LogP contribution in [0, 0.1) is 0 Å². The highest BCUT2D eigenvalue weighted by Gasteiger charge is 2.02. The summed E-state index contributed by atoms with van der Waals surface area (Å²) in [7, 11) is 1.74. The summed E-state index contributed by atoms with van der Waals surface area (Å²) in [5.74, 6) is 0.724. The number of hydrogen-bond acceptors (Lipinski definition) is 2. The Morgan fingerprint density at radius 2 is 2.24 bits per heavy atom. The van der Waals surface area contributed by atoms with E-state index < -0.39 is 0 Å². The van der Waals surface area contributed by atoms with Gasteiger partial charge in [0, 0.05) is 31.3 Å². The number of nitrogens with one attached hydrogen (secondary N) is 1. The Bertz CT molecular complexity index is 317. The topological polar surface area (TPSA) is 21.3 Å². The van der Waals surface area contributed by atoms with Gasteiger partial charge in [-0.1, -0.05) is 12.1 Å². The highest BCUT2D eigenvalue weighted by molar-refractivity contribution is 6.17. The van der Waals surface area contributed by atoms with Gasteiger partial charge in [0.2, 0.25) is 0 Å². The van der Waals surface area contributed by atoms with Crippen LogP contribution in [-0.4, -0.2) is 25.6 Å². The van der Waals surface area contributed by atoms with Gasteiger partial charge in [0.05, 0.1) is 0 Å². The van der Waals surface area contributed by atoms with Crippen LogP contribution in [-0.2, 0) is 11.2 Å².